The molecular formula is C25H30N2O8S. The minimum atomic E-state index is -3.71. The number of nitrogens with one attached hydrogen (secondary N) is 1. The molecule has 194 valence electrons. The van der Waals surface area contributed by atoms with Crippen LogP contribution in [0.1, 0.15) is 42.6 Å². The molecule has 10 nitrogen and oxygen atoms in total. The smallest absolute Gasteiger partial charge is 0.306 e. The molecule has 0 bridgehead atoms. The molecule has 0 aromatic heterocycles. The van der Waals surface area contributed by atoms with Crippen molar-refractivity contribution in [2.75, 3.05) is 38.2 Å². The number of hydrogen-bond acceptors (Lipinski definition) is 8. The van der Waals surface area contributed by atoms with E-state index in [0.717, 1.165) is 0 Å². The van der Waals surface area contributed by atoms with Crippen molar-refractivity contribution in [3.8, 4) is 11.5 Å². The van der Waals surface area contributed by atoms with Crippen LogP contribution in [0.3, 0.4) is 0 Å². The number of carbonyl (C=O) groups is 3. The van der Waals surface area contributed by atoms with Crippen molar-refractivity contribution in [3.05, 3.63) is 47.5 Å². The Labute approximate surface area is 210 Å². The second-order valence-electron chi connectivity index (χ2n) is 8.06. The second kappa shape index (κ2) is 12.0. The summed E-state index contributed by atoms with van der Waals surface area (Å²) < 4.78 is 42.9. The van der Waals surface area contributed by atoms with Crippen LogP contribution in [0.15, 0.2) is 41.3 Å². The van der Waals surface area contributed by atoms with Gasteiger partial charge in [0.15, 0.2) is 23.9 Å². The molecule has 11 heteroatoms. The summed E-state index contributed by atoms with van der Waals surface area (Å²) in [5, 5.41) is 2.54. The quantitative estimate of drug-likeness (QED) is 0.355. The number of rotatable bonds is 11. The fraction of sp³-hybridized carbons (Fsp3) is 0.400. The molecule has 0 unspecified atom stereocenters. The van der Waals surface area contributed by atoms with Gasteiger partial charge in [-0.1, -0.05) is 19.9 Å². The molecule has 36 heavy (non-hydrogen) atoms. The predicted molar refractivity (Wildman–Crippen MR) is 132 cm³/mol. The molecular weight excluding hydrogens is 488 g/mol. The van der Waals surface area contributed by atoms with Crippen molar-refractivity contribution in [2.24, 2.45) is 0 Å². The standard InChI is InChI=1S/C25H30N2O8S/c1-4-27(5-2)36(31,32)23-15-19(8-6-17(23)3)26-24(29)16-35-25(30)11-9-20(28)18-7-10-21-22(14-18)34-13-12-33-21/h6-8,10,14-15H,4-5,9,11-13,16H2,1-3H3,(H,26,29). The molecule has 0 aliphatic carbocycles. The van der Waals surface area contributed by atoms with E-state index in [2.05, 4.69) is 5.32 Å². The Hall–Kier alpha value is -3.44. The lowest BCUT2D eigenvalue weighted by Gasteiger charge is -2.20. The maximum Gasteiger partial charge on any atom is 0.306 e. The SMILES string of the molecule is CCN(CC)S(=O)(=O)c1cc(NC(=O)COC(=O)CCC(=O)c2ccc3c(c2)OCCO3)ccc1C. The predicted octanol–water partition coefficient (Wildman–Crippen LogP) is 2.94. The average molecular weight is 519 g/mol. The van der Waals surface area contributed by atoms with Crippen LogP contribution in [0.5, 0.6) is 11.5 Å². The van der Waals surface area contributed by atoms with Crippen molar-refractivity contribution in [3.63, 3.8) is 0 Å². The number of sulfonamides is 1. The highest BCUT2D eigenvalue weighted by molar-refractivity contribution is 7.89. The van der Waals surface area contributed by atoms with E-state index in [1.165, 1.54) is 10.4 Å². The third kappa shape index (κ3) is 6.61. The number of amides is 1. The van der Waals surface area contributed by atoms with E-state index in [1.54, 1.807) is 51.1 Å². The van der Waals surface area contributed by atoms with Gasteiger partial charge in [0, 0.05) is 30.8 Å². The van der Waals surface area contributed by atoms with Crippen LogP contribution in [0.4, 0.5) is 5.69 Å². The monoisotopic (exact) mass is 518 g/mol. The Balaban J connectivity index is 1.51. The fourth-order valence-electron chi connectivity index (χ4n) is 3.65. The van der Waals surface area contributed by atoms with E-state index in [0.29, 0.717) is 48.9 Å². The van der Waals surface area contributed by atoms with Crippen molar-refractivity contribution in [1.29, 1.82) is 0 Å². The van der Waals surface area contributed by atoms with Gasteiger partial charge in [-0.3, -0.25) is 14.4 Å². The highest BCUT2D eigenvalue weighted by atomic mass is 32.2. The Morgan fingerprint density at radius 1 is 0.972 bits per heavy atom. The molecule has 2 aromatic carbocycles. The zero-order valence-corrected chi connectivity index (χ0v) is 21.4. The maximum atomic E-state index is 12.9. The molecule has 1 amide bonds. The van der Waals surface area contributed by atoms with Crippen LogP contribution in [0.25, 0.3) is 0 Å². The Bertz CT molecular complexity index is 1240. The third-order valence-corrected chi connectivity index (χ3v) is 7.77. The first-order chi connectivity index (χ1) is 17.1. The van der Waals surface area contributed by atoms with Gasteiger partial charge in [0.2, 0.25) is 10.0 Å². The summed E-state index contributed by atoms with van der Waals surface area (Å²) in [6.07, 6.45) is -0.290. The zero-order chi connectivity index (χ0) is 26.3. The van der Waals surface area contributed by atoms with E-state index in [4.69, 9.17) is 14.2 Å². The largest absolute Gasteiger partial charge is 0.486 e. The van der Waals surface area contributed by atoms with Gasteiger partial charge in [-0.2, -0.15) is 4.31 Å². The molecule has 1 heterocycles. The maximum absolute atomic E-state index is 12.9. The Kier molecular flexibility index (Phi) is 9.05. The van der Waals surface area contributed by atoms with Crippen LogP contribution >= 0.6 is 0 Å². The Morgan fingerprint density at radius 2 is 1.67 bits per heavy atom. The molecule has 3 rings (SSSR count). The highest BCUT2D eigenvalue weighted by Gasteiger charge is 2.24. The number of fused-ring (bicyclic) bond motifs is 1. The van der Waals surface area contributed by atoms with E-state index in [-0.39, 0.29) is 29.2 Å². The summed E-state index contributed by atoms with van der Waals surface area (Å²) in [6.45, 7) is 6.10. The lowest BCUT2D eigenvalue weighted by Crippen LogP contribution is -2.31. The summed E-state index contributed by atoms with van der Waals surface area (Å²) in [6, 6.07) is 9.38. The average Bonchev–Trinajstić information content (AvgIpc) is 2.87. The minimum Gasteiger partial charge on any atom is -0.486 e. The lowest BCUT2D eigenvalue weighted by atomic mass is 10.1. The van der Waals surface area contributed by atoms with Crippen molar-refractivity contribution in [1.82, 2.24) is 4.31 Å². The molecule has 0 saturated heterocycles. The van der Waals surface area contributed by atoms with Crippen LogP contribution in [0, 0.1) is 6.92 Å². The van der Waals surface area contributed by atoms with E-state index >= 15 is 0 Å². The second-order valence-corrected chi connectivity index (χ2v) is 9.97. The van der Waals surface area contributed by atoms with Crippen molar-refractivity contribution < 1.29 is 37.0 Å². The van der Waals surface area contributed by atoms with E-state index < -0.39 is 28.5 Å². The van der Waals surface area contributed by atoms with Gasteiger partial charge >= 0.3 is 5.97 Å². The molecule has 0 spiro atoms. The molecule has 0 saturated carbocycles. The lowest BCUT2D eigenvalue weighted by molar-refractivity contribution is -0.147. The van der Waals surface area contributed by atoms with Gasteiger partial charge in [0.25, 0.3) is 5.91 Å². The number of nitrogens with zero attached hydrogens (tertiary/aromatic N) is 1. The normalized spacial score (nSPS) is 12.8. The summed E-state index contributed by atoms with van der Waals surface area (Å²) in [5.74, 6) is -0.554. The number of esters is 1. The first-order valence-electron chi connectivity index (χ1n) is 11.6. The van der Waals surface area contributed by atoms with Gasteiger partial charge in [-0.25, -0.2) is 8.42 Å². The number of hydrogen-bond donors (Lipinski definition) is 1. The van der Waals surface area contributed by atoms with Crippen molar-refractivity contribution in [2.45, 2.75) is 38.5 Å². The fourth-order valence-corrected chi connectivity index (χ4v) is 5.36. The molecule has 0 atom stereocenters. The molecule has 0 radical (unpaired) electrons. The number of ketones is 1. The van der Waals surface area contributed by atoms with Gasteiger partial charge in [0.05, 0.1) is 11.3 Å². The van der Waals surface area contributed by atoms with Crippen LogP contribution in [-0.4, -0.2) is 63.3 Å². The van der Waals surface area contributed by atoms with Gasteiger partial charge in [0.1, 0.15) is 13.2 Å². The number of benzene rings is 2. The molecule has 1 N–H and O–H groups in total. The van der Waals surface area contributed by atoms with Gasteiger partial charge in [-0.05, 0) is 42.8 Å². The third-order valence-electron chi connectivity index (χ3n) is 5.58. The van der Waals surface area contributed by atoms with E-state index in [9.17, 15) is 22.8 Å². The summed E-state index contributed by atoms with van der Waals surface area (Å²) in [5.41, 5.74) is 1.20. The summed E-state index contributed by atoms with van der Waals surface area (Å²) in [7, 11) is -3.71. The number of aryl methyl sites for hydroxylation is 1. The number of Topliss-reactive ketones (excluding diaryl/α,β-unsaturated/α-hetero) is 1. The van der Waals surface area contributed by atoms with Gasteiger partial charge < -0.3 is 19.5 Å². The number of ether oxygens (including phenoxy) is 3. The molecule has 1 aliphatic rings. The van der Waals surface area contributed by atoms with Gasteiger partial charge in [-0.15, -0.1) is 0 Å². The first-order valence-corrected chi connectivity index (χ1v) is 13.1. The molecule has 2 aromatic rings. The zero-order valence-electron chi connectivity index (χ0n) is 20.5. The molecule has 1 aliphatic heterocycles. The number of anilines is 1. The minimum absolute atomic E-state index is 0.0926. The van der Waals surface area contributed by atoms with Crippen LogP contribution in [-0.2, 0) is 24.3 Å². The van der Waals surface area contributed by atoms with Crippen LogP contribution in [0.2, 0.25) is 0 Å². The first kappa shape index (κ1) is 27.2. The van der Waals surface area contributed by atoms with Crippen molar-refractivity contribution >= 4 is 33.4 Å². The summed E-state index contributed by atoms with van der Waals surface area (Å²) >= 11 is 0. The topological polar surface area (TPSA) is 128 Å². The number of carbonyl (C=O) groups excluding carboxylic acids is 3. The van der Waals surface area contributed by atoms with Crippen LogP contribution < -0.4 is 14.8 Å². The summed E-state index contributed by atoms with van der Waals surface area (Å²) in [4.78, 5) is 36.8. The molecule has 0 fully saturated rings. The van der Waals surface area contributed by atoms with E-state index in [1.807, 2.05) is 0 Å². The highest BCUT2D eigenvalue weighted by Crippen LogP contribution is 2.31. The Morgan fingerprint density at radius 3 is 2.36 bits per heavy atom.